The van der Waals surface area contributed by atoms with Gasteiger partial charge in [-0.2, -0.15) is 0 Å². The number of rotatable bonds is 4. The smallest absolute Gasteiger partial charge is 0.330 e. The number of hydrogen-bond acceptors (Lipinski definition) is 2. The van der Waals surface area contributed by atoms with Crippen molar-refractivity contribution in [3.05, 3.63) is 24.8 Å². The fourth-order valence-electron chi connectivity index (χ4n) is 2.58. The van der Waals surface area contributed by atoms with Crippen LogP contribution in [-0.4, -0.2) is 12.1 Å². The quantitative estimate of drug-likeness (QED) is 0.420. The van der Waals surface area contributed by atoms with Crippen molar-refractivity contribution in [3.8, 4) is 0 Å². The SMILES string of the molecule is C=CC(=O)OC(CC)C1CCC/C=C\CC1C. The Hall–Kier alpha value is -1.05. The van der Waals surface area contributed by atoms with Gasteiger partial charge in [-0.05, 0) is 43.9 Å². The first-order chi connectivity index (χ1) is 8.19. The molecule has 2 nitrogen and oxygen atoms in total. The lowest BCUT2D eigenvalue weighted by molar-refractivity contribution is -0.147. The number of allylic oxidation sites excluding steroid dienone is 2. The van der Waals surface area contributed by atoms with Gasteiger partial charge in [-0.25, -0.2) is 4.79 Å². The molecule has 1 aliphatic carbocycles. The van der Waals surface area contributed by atoms with Crippen LogP contribution in [0.5, 0.6) is 0 Å². The van der Waals surface area contributed by atoms with Crippen molar-refractivity contribution in [1.82, 2.24) is 0 Å². The number of carbonyl (C=O) groups excluding carboxylic acids is 1. The molecule has 0 heterocycles. The van der Waals surface area contributed by atoms with Gasteiger partial charge in [-0.1, -0.05) is 32.6 Å². The molecule has 96 valence electrons. The molecule has 3 unspecified atom stereocenters. The van der Waals surface area contributed by atoms with Crippen LogP contribution in [-0.2, 0) is 9.53 Å². The molecule has 0 spiro atoms. The molecule has 2 heteroatoms. The highest BCUT2D eigenvalue weighted by atomic mass is 16.5. The summed E-state index contributed by atoms with van der Waals surface area (Å²) >= 11 is 0. The van der Waals surface area contributed by atoms with Crippen LogP contribution in [0.3, 0.4) is 0 Å². The predicted molar refractivity (Wildman–Crippen MR) is 70.6 cm³/mol. The summed E-state index contributed by atoms with van der Waals surface area (Å²) in [4.78, 5) is 11.3. The first kappa shape index (κ1) is 14.0. The van der Waals surface area contributed by atoms with Crippen molar-refractivity contribution in [3.63, 3.8) is 0 Å². The van der Waals surface area contributed by atoms with E-state index in [2.05, 4.69) is 32.6 Å². The first-order valence-electron chi connectivity index (χ1n) is 6.67. The minimum Gasteiger partial charge on any atom is -0.459 e. The van der Waals surface area contributed by atoms with Crippen molar-refractivity contribution >= 4 is 5.97 Å². The molecule has 1 aliphatic rings. The van der Waals surface area contributed by atoms with Gasteiger partial charge in [0.05, 0.1) is 0 Å². The van der Waals surface area contributed by atoms with E-state index in [4.69, 9.17) is 4.74 Å². The Morgan fingerprint density at radius 3 is 3.00 bits per heavy atom. The van der Waals surface area contributed by atoms with E-state index in [-0.39, 0.29) is 12.1 Å². The maximum absolute atomic E-state index is 11.3. The van der Waals surface area contributed by atoms with Crippen molar-refractivity contribution in [1.29, 1.82) is 0 Å². The van der Waals surface area contributed by atoms with Gasteiger partial charge in [-0.15, -0.1) is 0 Å². The second-order valence-electron chi connectivity index (χ2n) is 4.87. The van der Waals surface area contributed by atoms with E-state index in [1.54, 1.807) is 0 Å². The lowest BCUT2D eigenvalue weighted by Crippen LogP contribution is -2.30. The minimum atomic E-state index is -0.290. The summed E-state index contributed by atoms with van der Waals surface area (Å²) in [5, 5.41) is 0. The zero-order valence-corrected chi connectivity index (χ0v) is 11.0. The Kier molecular flexibility index (Phi) is 6.03. The van der Waals surface area contributed by atoms with Crippen LogP contribution in [0, 0.1) is 11.8 Å². The molecule has 0 aromatic carbocycles. The van der Waals surface area contributed by atoms with Gasteiger partial charge < -0.3 is 4.74 Å². The van der Waals surface area contributed by atoms with Crippen molar-refractivity contribution in [2.45, 2.75) is 52.1 Å². The van der Waals surface area contributed by atoms with E-state index in [9.17, 15) is 4.79 Å². The van der Waals surface area contributed by atoms with E-state index in [1.165, 1.54) is 12.5 Å². The Morgan fingerprint density at radius 1 is 1.59 bits per heavy atom. The Labute approximate surface area is 105 Å². The molecule has 17 heavy (non-hydrogen) atoms. The van der Waals surface area contributed by atoms with Crippen LogP contribution in [0.4, 0.5) is 0 Å². The Balaban J connectivity index is 2.66. The van der Waals surface area contributed by atoms with Gasteiger partial charge in [-0.3, -0.25) is 0 Å². The summed E-state index contributed by atoms with van der Waals surface area (Å²) in [5.74, 6) is 0.768. The first-order valence-corrected chi connectivity index (χ1v) is 6.67. The third-order valence-corrected chi connectivity index (χ3v) is 3.63. The molecule has 3 atom stereocenters. The van der Waals surface area contributed by atoms with Gasteiger partial charge >= 0.3 is 5.97 Å². The van der Waals surface area contributed by atoms with Gasteiger partial charge in [0.15, 0.2) is 0 Å². The zero-order valence-electron chi connectivity index (χ0n) is 11.0. The molecular weight excluding hydrogens is 212 g/mol. The zero-order chi connectivity index (χ0) is 12.7. The number of ether oxygens (including phenoxy) is 1. The van der Waals surface area contributed by atoms with Crippen LogP contribution in [0.1, 0.15) is 46.0 Å². The lowest BCUT2D eigenvalue weighted by Gasteiger charge is -2.31. The van der Waals surface area contributed by atoms with Gasteiger partial charge in [0.2, 0.25) is 0 Å². The highest BCUT2D eigenvalue weighted by Gasteiger charge is 2.27. The van der Waals surface area contributed by atoms with Crippen LogP contribution in [0.15, 0.2) is 24.8 Å². The number of hydrogen-bond donors (Lipinski definition) is 0. The maximum atomic E-state index is 11.3. The molecule has 0 bridgehead atoms. The normalized spacial score (nSPS) is 28.6. The van der Waals surface area contributed by atoms with E-state index in [0.29, 0.717) is 11.8 Å². The summed E-state index contributed by atoms with van der Waals surface area (Å²) in [6, 6.07) is 0. The highest BCUT2D eigenvalue weighted by Crippen LogP contribution is 2.30. The van der Waals surface area contributed by atoms with Crippen molar-refractivity contribution < 1.29 is 9.53 Å². The molecule has 0 fully saturated rings. The molecule has 0 aromatic rings. The van der Waals surface area contributed by atoms with Gasteiger partial charge in [0.1, 0.15) is 6.10 Å². The molecule has 1 rings (SSSR count). The largest absolute Gasteiger partial charge is 0.459 e. The Morgan fingerprint density at radius 2 is 2.35 bits per heavy atom. The topological polar surface area (TPSA) is 26.3 Å². The lowest BCUT2D eigenvalue weighted by atomic mass is 9.80. The fourth-order valence-corrected chi connectivity index (χ4v) is 2.58. The summed E-state index contributed by atoms with van der Waals surface area (Å²) in [7, 11) is 0. The molecule has 0 radical (unpaired) electrons. The monoisotopic (exact) mass is 236 g/mol. The van der Waals surface area contributed by atoms with Crippen LogP contribution >= 0.6 is 0 Å². The minimum absolute atomic E-state index is 0.0435. The molecule has 0 saturated carbocycles. The third kappa shape index (κ3) is 4.37. The molecule has 0 saturated heterocycles. The van der Waals surface area contributed by atoms with Crippen molar-refractivity contribution in [2.75, 3.05) is 0 Å². The Bertz CT molecular complexity index is 281. The fraction of sp³-hybridized carbons (Fsp3) is 0.667. The predicted octanol–water partition coefficient (Wildman–Crippen LogP) is 3.88. The third-order valence-electron chi connectivity index (χ3n) is 3.63. The average molecular weight is 236 g/mol. The van der Waals surface area contributed by atoms with Crippen LogP contribution in [0.2, 0.25) is 0 Å². The van der Waals surface area contributed by atoms with E-state index in [1.807, 2.05) is 0 Å². The van der Waals surface area contributed by atoms with Gasteiger partial charge in [0.25, 0.3) is 0 Å². The van der Waals surface area contributed by atoms with E-state index < -0.39 is 0 Å². The second-order valence-corrected chi connectivity index (χ2v) is 4.87. The summed E-state index contributed by atoms with van der Waals surface area (Å²) in [6.45, 7) is 7.80. The second kappa shape index (κ2) is 7.31. The van der Waals surface area contributed by atoms with Gasteiger partial charge in [0, 0.05) is 6.08 Å². The van der Waals surface area contributed by atoms with Crippen molar-refractivity contribution in [2.24, 2.45) is 11.8 Å². The average Bonchev–Trinajstić information content (AvgIpc) is 2.32. The summed E-state index contributed by atoms with van der Waals surface area (Å²) in [5.41, 5.74) is 0. The molecular formula is C15H24O2. The summed E-state index contributed by atoms with van der Waals surface area (Å²) in [6.07, 6.45) is 11.3. The maximum Gasteiger partial charge on any atom is 0.330 e. The molecule has 0 aliphatic heterocycles. The van der Waals surface area contributed by atoms with Crippen LogP contribution < -0.4 is 0 Å². The van der Waals surface area contributed by atoms with Crippen LogP contribution in [0.25, 0.3) is 0 Å². The molecule has 0 amide bonds. The number of esters is 1. The molecule has 0 N–H and O–H groups in total. The highest BCUT2D eigenvalue weighted by molar-refractivity contribution is 5.81. The standard InChI is InChI=1S/C15H24O2/c1-4-14(17-15(16)5-2)13-11-9-7-6-8-10-12(13)3/h5-6,8,12-14H,2,4,7,9-11H2,1,3H3/b8-6-. The molecule has 0 aromatic heterocycles. The number of carbonyl (C=O) groups is 1. The van der Waals surface area contributed by atoms with E-state index in [0.717, 1.165) is 25.7 Å². The van der Waals surface area contributed by atoms with E-state index >= 15 is 0 Å². The summed E-state index contributed by atoms with van der Waals surface area (Å²) < 4.78 is 5.47.